The van der Waals surface area contributed by atoms with Crippen LogP contribution in [-0.2, 0) is 0 Å². The predicted octanol–water partition coefficient (Wildman–Crippen LogP) is 2.15. The number of halogens is 2. The minimum atomic E-state index is -0.401. The van der Waals surface area contributed by atoms with E-state index in [2.05, 4.69) is 43.2 Å². The zero-order valence-electron chi connectivity index (χ0n) is 9.49. The Morgan fingerprint density at radius 2 is 2.28 bits per heavy atom. The van der Waals surface area contributed by atoms with Gasteiger partial charge in [0.2, 0.25) is 0 Å². The average molecular weight is 373 g/mol. The molecule has 0 aliphatic carbocycles. The number of hydrogen-bond donors (Lipinski definition) is 1. The summed E-state index contributed by atoms with van der Waals surface area (Å²) in [4.78, 5) is 14.0. The van der Waals surface area contributed by atoms with Crippen LogP contribution in [0.1, 0.15) is 10.4 Å². The van der Waals surface area contributed by atoms with Gasteiger partial charge in [0.15, 0.2) is 0 Å². The van der Waals surface area contributed by atoms with Gasteiger partial charge in [-0.1, -0.05) is 15.9 Å². The first-order valence-corrected chi connectivity index (χ1v) is 7.08. The molecule has 0 radical (unpaired) electrons. The molecule has 0 bridgehead atoms. The second-order valence-electron chi connectivity index (χ2n) is 3.97. The number of amides is 1. The maximum Gasteiger partial charge on any atom is 0.256 e. The van der Waals surface area contributed by atoms with Crippen LogP contribution < -0.4 is 5.32 Å². The van der Waals surface area contributed by atoms with Crippen molar-refractivity contribution in [2.24, 2.45) is 0 Å². The third-order valence-corrected chi connectivity index (χ3v) is 3.96. The van der Waals surface area contributed by atoms with Crippen molar-refractivity contribution in [1.82, 2.24) is 10.2 Å². The lowest BCUT2D eigenvalue weighted by atomic mass is 10.1. The summed E-state index contributed by atoms with van der Waals surface area (Å²) in [6, 6.07) is 7.16. The molecule has 1 aromatic carbocycles. The van der Waals surface area contributed by atoms with Crippen LogP contribution >= 0.6 is 31.9 Å². The standard InChI is InChI=1S/C12H11Br2N3O/c13-8-1-2-10(11(14)5-8)12(18)17-4-3-16-7-9(17)6-15/h1-2,5,9,16H,3-4,7H2. The zero-order valence-corrected chi connectivity index (χ0v) is 12.7. The molecular formula is C12H11Br2N3O. The van der Waals surface area contributed by atoms with Crippen molar-refractivity contribution in [1.29, 1.82) is 5.26 Å². The number of nitriles is 1. The van der Waals surface area contributed by atoms with Gasteiger partial charge in [-0.05, 0) is 34.1 Å². The summed E-state index contributed by atoms with van der Waals surface area (Å²) < 4.78 is 1.64. The summed E-state index contributed by atoms with van der Waals surface area (Å²) in [6.07, 6.45) is 0. The molecule has 94 valence electrons. The molecule has 1 amide bonds. The van der Waals surface area contributed by atoms with E-state index in [9.17, 15) is 4.79 Å². The summed E-state index contributed by atoms with van der Waals surface area (Å²) in [5.41, 5.74) is 0.584. The Morgan fingerprint density at radius 1 is 1.50 bits per heavy atom. The Kier molecular flexibility index (Phi) is 4.38. The van der Waals surface area contributed by atoms with Gasteiger partial charge in [-0.15, -0.1) is 0 Å². The van der Waals surface area contributed by atoms with Crippen molar-refractivity contribution in [3.05, 3.63) is 32.7 Å². The molecule has 1 aliphatic heterocycles. The number of benzene rings is 1. The van der Waals surface area contributed by atoms with E-state index in [1.807, 2.05) is 12.1 Å². The molecule has 1 aliphatic rings. The van der Waals surface area contributed by atoms with Gasteiger partial charge >= 0.3 is 0 Å². The van der Waals surface area contributed by atoms with Gasteiger partial charge < -0.3 is 10.2 Å². The lowest BCUT2D eigenvalue weighted by Gasteiger charge is -2.32. The van der Waals surface area contributed by atoms with E-state index in [-0.39, 0.29) is 5.91 Å². The fourth-order valence-corrected chi connectivity index (χ4v) is 3.10. The highest BCUT2D eigenvalue weighted by Gasteiger charge is 2.28. The molecule has 1 unspecified atom stereocenters. The zero-order chi connectivity index (χ0) is 13.1. The van der Waals surface area contributed by atoms with Gasteiger partial charge in [-0.2, -0.15) is 5.26 Å². The van der Waals surface area contributed by atoms with E-state index in [0.717, 1.165) is 15.5 Å². The van der Waals surface area contributed by atoms with Gasteiger partial charge in [0.1, 0.15) is 6.04 Å². The molecule has 1 saturated heterocycles. The Morgan fingerprint density at radius 3 is 2.94 bits per heavy atom. The molecule has 1 aromatic rings. The van der Waals surface area contributed by atoms with Crippen molar-refractivity contribution in [3.8, 4) is 6.07 Å². The van der Waals surface area contributed by atoms with E-state index in [4.69, 9.17) is 5.26 Å². The SMILES string of the molecule is N#CC1CNCCN1C(=O)c1ccc(Br)cc1Br. The minimum Gasteiger partial charge on any atom is -0.320 e. The van der Waals surface area contributed by atoms with E-state index in [1.54, 1.807) is 11.0 Å². The number of piperazine rings is 1. The van der Waals surface area contributed by atoms with E-state index >= 15 is 0 Å². The normalized spacial score (nSPS) is 19.4. The van der Waals surface area contributed by atoms with Crippen molar-refractivity contribution >= 4 is 37.8 Å². The third-order valence-electron chi connectivity index (χ3n) is 2.81. The van der Waals surface area contributed by atoms with Crippen molar-refractivity contribution < 1.29 is 4.79 Å². The quantitative estimate of drug-likeness (QED) is 0.821. The molecule has 0 aromatic heterocycles. The number of carbonyl (C=O) groups is 1. The van der Waals surface area contributed by atoms with Gasteiger partial charge in [0, 0.05) is 28.6 Å². The fraction of sp³-hybridized carbons (Fsp3) is 0.333. The van der Waals surface area contributed by atoms with E-state index < -0.39 is 6.04 Å². The molecule has 1 N–H and O–H groups in total. The van der Waals surface area contributed by atoms with Crippen LogP contribution in [0.15, 0.2) is 27.1 Å². The largest absolute Gasteiger partial charge is 0.320 e. The van der Waals surface area contributed by atoms with Crippen LogP contribution in [0.5, 0.6) is 0 Å². The first-order valence-electron chi connectivity index (χ1n) is 5.50. The lowest BCUT2D eigenvalue weighted by Crippen LogP contribution is -2.53. The molecular weight excluding hydrogens is 362 g/mol. The number of rotatable bonds is 1. The molecule has 4 nitrogen and oxygen atoms in total. The first-order chi connectivity index (χ1) is 8.63. The van der Waals surface area contributed by atoms with Crippen LogP contribution in [0.3, 0.4) is 0 Å². The van der Waals surface area contributed by atoms with Gasteiger partial charge in [0.05, 0.1) is 11.6 Å². The van der Waals surface area contributed by atoms with Crippen LogP contribution in [-0.4, -0.2) is 36.5 Å². The number of nitrogens with one attached hydrogen (secondary N) is 1. The highest BCUT2D eigenvalue weighted by molar-refractivity contribution is 9.11. The number of carbonyl (C=O) groups excluding carboxylic acids is 1. The Balaban J connectivity index is 2.27. The average Bonchev–Trinajstić information content (AvgIpc) is 2.38. The maximum absolute atomic E-state index is 12.4. The minimum absolute atomic E-state index is 0.109. The Hall–Kier alpha value is -0.900. The Bertz CT molecular complexity index is 513. The summed E-state index contributed by atoms with van der Waals surface area (Å²) in [7, 11) is 0. The van der Waals surface area contributed by atoms with Crippen LogP contribution in [0.25, 0.3) is 0 Å². The third kappa shape index (κ3) is 2.74. The molecule has 1 heterocycles. The fourth-order valence-electron chi connectivity index (χ4n) is 1.88. The summed E-state index contributed by atoms with van der Waals surface area (Å²) in [5, 5.41) is 12.2. The van der Waals surface area contributed by atoms with Gasteiger partial charge in [-0.3, -0.25) is 4.79 Å². The monoisotopic (exact) mass is 371 g/mol. The van der Waals surface area contributed by atoms with Crippen molar-refractivity contribution in [3.63, 3.8) is 0 Å². The Labute approximate surface area is 122 Å². The lowest BCUT2D eigenvalue weighted by molar-refractivity contribution is 0.0686. The second-order valence-corrected chi connectivity index (χ2v) is 5.74. The predicted molar refractivity (Wildman–Crippen MR) is 75.1 cm³/mol. The molecule has 2 rings (SSSR count). The molecule has 18 heavy (non-hydrogen) atoms. The summed E-state index contributed by atoms with van der Waals surface area (Å²) >= 11 is 6.73. The number of hydrogen-bond acceptors (Lipinski definition) is 3. The molecule has 0 spiro atoms. The first kappa shape index (κ1) is 13.5. The summed E-state index contributed by atoms with van der Waals surface area (Å²) in [6.45, 7) is 1.80. The topological polar surface area (TPSA) is 56.1 Å². The number of nitrogens with zero attached hydrogens (tertiary/aromatic N) is 2. The van der Waals surface area contributed by atoms with Crippen molar-refractivity contribution in [2.45, 2.75) is 6.04 Å². The van der Waals surface area contributed by atoms with E-state index in [1.165, 1.54) is 0 Å². The van der Waals surface area contributed by atoms with Crippen molar-refractivity contribution in [2.75, 3.05) is 19.6 Å². The molecule has 1 fully saturated rings. The maximum atomic E-state index is 12.4. The second kappa shape index (κ2) is 5.83. The van der Waals surface area contributed by atoms with E-state index in [0.29, 0.717) is 18.7 Å². The van der Waals surface area contributed by atoms with Crippen LogP contribution in [0.4, 0.5) is 0 Å². The van der Waals surface area contributed by atoms with Gasteiger partial charge in [0.25, 0.3) is 5.91 Å². The molecule has 6 heteroatoms. The summed E-state index contributed by atoms with van der Waals surface area (Å²) in [5.74, 6) is -0.109. The highest BCUT2D eigenvalue weighted by Crippen LogP contribution is 2.24. The smallest absolute Gasteiger partial charge is 0.256 e. The highest BCUT2D eigenvalue weighted by atomic mass is 79.9. The van der Waals surface area contributed by atoms with Crippen LogP contribution in [0, 0.1) is 11.3 Å². The van der Waals surface area contributed by atoms with Crippen LogP contribution in [0.2, 0.25) is 0 Å². The molecule has 0 saturated carbocycles. The van der Waals surface area contributed by atoms with Gasteiger partial charge in [-0.25, -0.2) is 0 Å². The molecule has 1 atom stereocenters.